The number of benzene rings is 2. The normalized spacial score (nSPS) is 11.9. The predicted molar refractivity (Wildman–Crippen MR) is 115 cm³/mol. The molecule has 0 N–H and O–H groups in total. The number of aromatic nitrogens is 3. The monoisotopic (exact) mass is 427 g/mol. The van der Waals surface area contributed by atoms with Gasteiger partial charge in [0.15, 0.2) is 17.3 Å². The molecular formula is C21H18ClN3O3S. The molecule has 0 aliphatic heterocycles. The minimum atomic E-state index is -0.211. The number of nitrogens with zero attached hydrogens (tertiary/aromatic N) is 3. The van der Waals surface area contributed by atoms with Gasteiger partial charge in [0, 0.05) is 10.6 Å². The Kier molecular flexibility index (Phi) is 5.51. The first kappa shape index (κ1) is 19.4. The van der Waals surface area contributed by atoms with E-state index in [1.807, 2.05) is 44.2 Å². The molecule has 0 radical (unpaired) electrons. The molecule has 2 heterocycles. The molecule has 29 heavy (non-hydrogen) atoms. The van der Waals surface area contributed by atoms with E-state index in [9.17, 15) is 4.79 Å². The molecule has 2 aromatic heterocycles. The van der Waals surface area contributed by atoms with Gasteiger partial charge in [-0.2, -0.15) is 9.50 Å². The minimum absolute atomic E-state index is 0.211. The zero-order chi connectivity index (χ0) is 20.4. The maximum Gasteiger partial charge on any atom is 0.291 e. The van der Waals surface area contributed by atoms with E-state index in [1.165, 1.54) is 15.9 Å². The van der Waals surface area contributed by atoms with Crippen molar-refractivity contribution < 1.29 is 9.47 Å². The third kappa shape index (κ3) is 3.97. The van der Waals surface area contributed by atoms with Crippen molar-refractivity contribution in [3.63, 3.8) is 0 Å². The van der Waals surface area contributed by atoms with Gasteiger partial charge in [-0.15, -0.1) is 5.10 Å². The molecule has 4 aromatic rings. The summed E-state index contributed by atoms with van der Waals surface area (Å²) in [5, 5.41) is 4.95. The Bertz CT molecular complexity index is 1280. The van der Waals surface area contributed by atoms with Crippen LogP contribution in [0.15, 0.2) is 47.3 Å². The number of hydrogen-bond donors (Lipinski definition) is 0. The highest BCUT2D eigenvalue weighted by Gasteiger charge is 2.12. The molecule has 0 unspecified atom stereocenters. The highest BCUT2D eigenvalue weighted by Crippen LogP contribution is 2.29. The van der Waals surface area contributed by atoms with Crippen LogP contribution in [0.2, 0.25) is 5.02 Å². The topological polar surface area (TPSA) is 65.7 Å². The summed E-state index contributed by atoms with van der Waals surface area (Å²) in [6.07, 6.45) is 1.81. The van der Waals surface area contributed by atoms with Crippen LogP contribution in [0.3, 0.4) is 0 Å². The van der Waals surface area contributed by atoms with Gasteiger partial charge in [0.1, 0.15) is 0 Å². The van der Waals surface area contributed by atoms with Crippen LogP contribution in [0.5, 0.6) is 11.5 Å². The van der Waals surface area contributed by atoms with Crippen molar-refractivity contribution in [3.05, 3.63) is 67.9 Å². The molecule has 6 nitrogen and oxygen atoms in total. The second-order valence-electron chi connectivity index (χ2n) is 6.13. The lowest BCUT2D eigenvalue weighted by molar-refractivity contribution is 0.287. The molecule has 2 aromatic carbocycles. The van der Waals surface area contributed by atoms with Gasteiger partial charge in [0.2, 0.25) is 4.96 Å². The molecule has 0 spiro atoms. The van der Waals surface area contributed by atoms with Gasteiger partial charge in [-0.1, -0.05) is 41.1 Å². The predicted octanol–water partition coefficient (Wildman–Crippen LogP) is 3.82. The molecule has 0 aliphatic carbocycles. The van der Waals surface area contributed by atoms with Crippen molar-refractivity contribution >= 4 is 34.0 Å². The van der Waals surface area contributed by atoms with Crippen molar-refractivity contribution in [1.82, 2.24) is 14.6 Å². The van der Waals surface area contributed by atoms with Gasteiger partial charge < -0.3 is 9.47 Å². The van der Waals surface area contributed by atoms with E-state index in [-0.39, 0.29) is 5.56 Å². The molecule has 0 saturated carbocycles. The van der Waals surface area contributed by atoms with Crippen LogP contribution in [-0.4, -0.2) is 27.8 Å². The third-order valence-electron chi connectivity index (χ3n) is 4.13. The summed E-state index contributed by atoms with van der Waals surface area (Å²) in [6, 6.07) is 12.8. The second kappa shape index (κ2) is 8.23. The molecule has 8 heteroatoms. The van der Waals surface area contributed by atoms with Crippen molar-refractivity contribution in [2.24, 2.45) is 0 Å². The number of fused-ring (bicyclic) bond motifs is 1. The number of thiazole rings is 1. The quantitative estimate of drug-likeness (QED) is 0.468. The fourth-order valence-corrected chi connectivity index (χ4v) is 3.99. The largest absolute Gasteiger partial charge is 0.490 e. The van der Waals surface area contributed by atoms with E-state index in [4.69, 9.17) is 21.1 Å². The fourth-order valence-electron chi connectivity index (χ4n) is 2.89. The van der Waals surface area contributed by atoms with Crippen molar-refractivity contribution in [2.75, 3.05) is 13.2 Å². The first-order chi connectivity index (χ1) is 14.1. The highest BCUT2D eigenvalue weighted by atomic mass is 35.5. The van der Waals surface area contributed by atoms with Crippen molar-refractivity contribution in [2.45, 2.75) is 13.8 Å². The summed E-state index contributed by atoms with van der Waals surface area (Å²) in [5.74, 6) is 1.81. The van der Waals surface area contributed by atoms with Crippen LogP contribution in [0.4, 0.5) is 0 Å². The summed E-state index contributed by atoms with van der Waals surface area (Å²) in [4.78, 5) is 17.8. The van der Waals surface area contributed by atoms with Gasteiger partial charge >= 0.3 is 0 Å². The van der Waals surface area contributed by atoms with Crippen LogP contribution < -0.4 is 19.6 Å². The van der Waals surface area contributed by atoms with Gasteiger partial charge in [-0.25, -0.2) is 0 Å². The lowest BCUT2D eigenvalue weighted by atomic mass is 10.2. The minimum Gasteiger partial charge on any atom is -0.490 e. The molecule has 4 rings (SSSR count). The second-order valence-corrected chi connectivity index (χ2v) is 7.57. The first-order valence-corrected chi connectivity index (χ1v) is 10.4. The lowest BCUT2D eigenvalue weighted by Crippen LogP contribution is -2.23. The van der Waals surface area contributed by atoms with Crippen LogP contribution in [-0.2, 0) is 0 Å². The van der Waals surface area contributed by atoms with Crippen LogP contribution in [0, 0.1) is 0 Å². The van der Waals surface area contributed by atoms with E-state index < -0.39 is 0 Å². The zero-order valence-electron chi connectivity index (χ0n) is 15.9. The van der Waals surface area contributed by atoms with Gasteiger partial charge in [-0.05, 0) is 49.8 Å². The molecule has 0 aliphatic rings. The number of hydrogen-bond acceptors (Lipinski definition) is 6. The van der Waals surface area contributed by atoms with E-state index in [1.54, 1.807) is 18.2 Å². The first-order valence-electron chi connectivity index (χ1n) is 9.16. The van der Waals surface area contributed by atoms with Gasteiger partial charge in [-0.3, -0.25) is 4.79 Å². The Morgan fingerprint density at radius 2 is 1.90 bits per heavy atom. The van der Waals surface area contributed by atoms with Crippen LogP contribution in [0.1, 0.15) is 19.4 Å². The van der Waals surface area contributed by atoms with Crippen LogP contribution >= 0.6 is 22.9 Å². The van der Waals surface area contributed by atoms with Crippen molar-refractivity contribution in [1.29, 1.82) is 0 Å². The zero-order valence-corrected chi connectivity index (χ0v) is 17.5. The average Bonchev–Trinajstić information content (AvgIpc) is 3.24. The maximum absolute atomic E-state index is 12.8. The lowest BCUT2D eigenvalue weighted by Gasteiger charge is -2.11. The number of halogens is 1. The Balaban J connectivity index is 1.74. The number of ether oxygens (including phenoxy) is 2. The van der Waals surface area contributed by atoms with E-state index in [0.29, 0.717) is 45.1 Å². The smallest absolute Gasteiger partial charge is 0.291 e. The highest BCUT2D eigenvalue weighted by molar-refractivity contribution is 7.15. The number of rotatable bonds is 6. The average molecular weight is 428 g/mol. The molecule has 0 fully saturated rings. The Morgan fingerprint density at radius 3 is 2.62 bits per heavy atom. The van der Waals surface area contributed by atoms with Crippen LogP contribution in [0.25, 0.3) is 22.4 Å². The maximum atomic E-state index is 12.8. The fraction of sp³-hybridized carbons (Fsp3) is 0.190. The molecule has 0 saturated heterocycles. The summed E-state index contributed by atoms with van der Waals surface area (Å²) < 4.78 is 13.1. The SMILES string of the molecule is CCOc1ccc(C=c2sc3nc(-c4cccc(Cl)c4)nn3c2=O)cc1OCC. The van der Waals surface area contributed by atoms with E-state index in [0.717, 1.165) is 11.1 Å². The van der Waals surface area contributed by atoms with Gasteiger partial charge in [0.25, 0.3) is 5.56 Å². The van der Waals surface area contributed by atoms with Gasteiger partial charge in [0.05, 0.1) is 17.7 Å². The summed E-state index contributed by atoms with van der Waals surface area (Å²) in [7, 11) is 0. The summed E-state index contributed by atoms with van der Waals surface area (Å²) >= 11 is 7.32. The Morgan fingerprint density at radius 1 is 1.10 bits per heavy atom. The summed E-state index contributed by atoms with van der Waals surface area (Å²) in [6.45, 7) is 4.92. The molecule has 0 atom stereocenters. The molecule has 148 valence electrons. The Labute approximate surface area is 176 Å². The van der Waals surface area contributed by atoms with E-state index in [2.05, 4.69) is 10.1 Å². The Hall–Kier alpha value is -2.90. The third-order valence-corrected chi connectivity index (χ3v) is 5.32. The summed E-state index contributed by atoms with van der Waals surface area (Å²) in [5.41, 5.74) is 1.40. The standard InChI is InChI=1S/C21H18ClN3O3S/c1-3-27-16-9-8-13(10-17(16)28-4-2)11-18-20(26)25-21(29-18)23-19(24-25)14-6-5-7-15(22)12-14/h5-12H,3-4H2,1-2H3. The van der Waals surface area contributed by atoms with Crippen molar-refractivity contribution in [3.8, 4) is 22.9 Å². The molecular weight excluding hydrogens is 410 g/mol. The molecule has 0 amide bonds. The van der Waals surface area contributed by atoms with E-state index >= 15 is 0 Å². The molecule has 0 bridgehead atoms.